The van der Waals surface area contributed by atoms with E-state index in [-0.39, 0.29) is 17.6 Å². The molecule has 0 atom stereocenters. The molecule has 0 aliphatic carbocycles. The summed E-state index contributed by atoms with van der Waals surface area (Å²) in [6.45, 7) is 7.69. The van der Waals surface area contributed by atoms with Crippen molar-refractivity contribution in [2.45, 2.75) is 27.3 Å². The summed E-state index contributed by atoms with van der Waals surface area (Å²) in [6.07, 6.45) is 0. The van der Waals surface area contributed by atoms with Crippen molar-refractivity contribution >= 4 is 17.5 Å². The quantitative estimate of drug-likeness (QED) is 0.789. The number of para-hydroxylation sites is 1. The Bertz CT molecular complexity index is 889. The molecule has 1 heterocycles. The second kappa shape index (κ2) is 8.64. The molecule has 0 spiro atoms. The molecule has 0 aromatic heterocycles. The minimum atomic E-state index is -1.16. The van der Waals surface area contributed by atoms with Gasteiger partial charge in [0.2, 0.25) is 11.8 Å². The van der Waals surface area contributed by atoms with Crippen LogP contribution in [0.3, 0.4) is 0 Å². The highest BCUT2D eigenvalue weighted by molar-refractivity contribution is 6.04. The van der Waals surface area contributed by atoms with Crippen molar-refractivity contribution in [1.29, 1.82) is 0 Å². The van der Waals surface area contributed by atoms with Crippen LogP contribution < -0.4 is 10.2 Å². The van der Waals surface area contributed by atoms with Gasteiger partial charge in [-0.3, -0.25) is 9.59 Å². The molecule has 5 nitrogen and oxygen atoms in total. The predicted octanol–water partition coefficient (Wildman–Crippen LogP) is 3.13. The largest absolute Gasteiger partial charge is 0.366 e. The fourth-order valence-corrected chi connectivity index (χ4v) is 3.58. The molecular formula is C23H28FN3O2. The van der Waals surface area contributed by atoms with Crippen molar-refractivity contribution in [3.63, 3.8) is 0 Å². The molecule has 1 aliphatic heterocycles. The third-order valence-corrected chi connectivity index (χ3v) is 5.40. The number of nitrogens with one attached hydrogen (secondary N) is 1. The van der Waals surface area contributed by atoms with E-state index in [0.29, 0.717) is 38.4 Å². The third kappa shape index (κ3) is 4.75. The van der Waals surface area contributed by atoms with Gasteiger partial charge in [-0.05, 0) is 38.5 Å². The molecule has 2 amide bonds. The van der Waals surface area contributed by atoms with E-state index in [9.17, 15) is 14.0 Å². The molecule has 0 bridgehead atoms. The number of rotatable bonds is 5. The molecule has 29 heavy (non-hydrogen) atoms. The summed E-state index contributed by atoms with van der Waals surface area (Å²) in [5, 5.41) is 2.88. The Morgan fingerprint density at radius 1 is 1.03 bits per heavy atom. The summed E-state index contributed by atoms with van der Waals surface area (Å²) < 4.78 is 14.0. The molecule has 1 N–H and O–H groups in total. The fourth-order valence-electron chi connectivity index (χ4n) is 3.58. The molecule has 1 aliphatic rings. The normalized spacial score (nSPS) is 14.6. The SMILES string of the molecule is Cc1cccc(CNC(=O)C(C)(C)C(=O)N2CCN(c3ccccc3F)CC2)c1. The number of carbonyl (C=O) groups excluding carboxylic acids is 2. The standard InChI is InChI=1S/C23H28FN3O2/c1-17-7-6-8-18(15-17)16-25-21(28)23(2,3)22(29)27-13-11-26(12-14-27)20-10-5-4-9-19(20)24/h4-10,15H,11-14,16H2,1-3H3,(H,25,28). The summed E-state index contributed by atoms with van der Waals surface area (Å²) in [4.78, 5) is 29.4. The summed E-state index contributed by atoms with van der Waals surface area (Å²) in [5.74, 6) is -0.754. The number of aryl methyl sites for hydroxylation is 1. The Morgan fingerprint density at radius 3 is 2.38 bits per heavy atom. The molecule has 1 saturated heterocycles. The highest BCUT2D eigenvalue weighted by Gasteiger charge is 2.40. The lowest BCUT2D eigenvalue weighted by Gasteiger charge is -2.39. The van der Waals surface area contributed by atoms with Crippen molar-refractivity contribution < 1.29 is 14.0 Å². The van der Waals surface area contributed by atoms with Gasteiger partial charge in [0, 0.05) is 32.7 Å². The number of piperazine rings is 1. The predicted molar refractivity (Wildman–Crippen MR) is 112 cm³/mol. The van der Waals surface area contributed by atoms with Crippen molar-refractivity contribution in [3.05, 3.63) is 65.5 Å². The van der Waals surface area contributed by atoms with Crippen LogP contribution in [-0.2, 0) is 16.1 Å². The topological polar surface area (TPSA) is 52.7 Å². The number of carbonyl (C=O) groups is 2. The molecule has 0 unspecified atom stereocenters. The van der Waals surface area contributed by atoms with E-state index in [1.807, 2.05) is 36.1 Å². The maximum Gasteiger partial charge on any atom is 0.237 e. The molecule has 0 radical (unpaired) electrons. The summed E-state index contributed by atoms with van der Waals surface area (Å²) in [5.41, 5.74) is 1.51. The number of nitrogens with zero attached hydrogens (tertiary/aromatic N) is 2. The first-order valence-electron chi connectivity index (χ1n) is 9.92. The van der Waals surface area contributed by atoms with Gasteiger partial charge in [0.15, 0.2) is 0 Å². The zero-order valence-electron chi connectivity index (χ0n) is 17.2. The average Bonchev–Trinajstić information content (AvgIpc) is 2.72. The Kier molecular flexibility index (Phi) is 6.20. The van der Waals surface area contributed by atoms with Crippen LogP contribution in [0, 0.1) is 18.2 Å². The molecule has 3 rings (SSSR count). The summed E-state index contributed by atoms with van der Waals surface area (Å²) in [7, 11) is 0. The number of anilines is 1. The van der Waals surface area contributed by atoms with Crippen LogP contribution >= 0.6 is 0 Å². The zero-order valence-corrected chi connectivity index (χ0v) is 17.2. The van der Waals surface area contributed by atoms with Crippen LogP contribution in [0.5, 0.6) is 0 Å². The minimum absolute atomic E-state index is 0.201. The number of hydrogen-bond donors (Lipinski definition) is 1. The van der Waals surface area contributed by atoms with Crippen molar-refractivity contribution in [2.75, 3.05) is 31.1 Å². The van der Waals surface area contributed by atoms with Gasteiger partial charge in [-0.25, -0.2) is 4.39 Å². The first-order chi connectivity index (χ1) is 13.8. The van der Waals surface area contributed by atoms with Gasteiger partial charge in [0.1, 0.15) is 11.2 Å². The van der Waals surface area contributed by atoms with Gasteiger partial charge in [0.25, 0.3) is 0 Å². The van der Waals surface area contributed by atoms with Crippen LogP contribution in [0.15, 0.2) is 48.5 Å². The van der Waals surface area contributed by atoms with Gasteiger partial charge < -0.3 is 15.1 Å². The molecule has 154 valence electrons. The number of halogens is 1. The third-order valence-electron chi connectivity index (χ3n) is 5.40. The highest BCUT2D eigenvalue weighted by atomic mass is 19.1. The van der Waals surface area contributed by atoms with E-state index in [0.717, 1.165) is 11.1 Å². The fraction of sp³-hybridized carbons (Fsp3) is 0.391. The summed E-state index contributed by atoms with van der Waals surface area (Å²) >= 11 is 0. The molecule has 2 aromatic rings. The second-order valence-corrected chi connectivity index (χ2v) is 8.03. The molecule has 0 saturated carbocycles. The van der Waals surface area contributed by atoms with E-state index >= 15 is 0 Å². The number of benzene rings is 2. The highest BCUT2D eigenvalue weighted by Crippen LogP contribution is 2.24. The van der Waals surface area contributed by atoms with Gasteiger partial charge in [-0.15, -0.1) is 0 Å². The number of hydrogen-bond acceptors (Lipinski definition) is 3. The summed E-state index contributed by atoms with van der Waals surface area (Å²) in [6, 6.07) is 14.6. The van der Waals surface area contributed by atoms with Gasteiger partial charge in [-0.2, -0.15) is 0 Å². The van der Waals surface area contributed by atoms with Crippen LogP contribution in [-0.4, -0.2) is 42.9 Å². The van der Waals surface area contributed by atoms with E-state index in [2.05, 4.69) is 5.32 Å². The molecular weight excluding hydrogens is 369 g/mol. The first-order valence-corrected chi connectivity index (χ1v) is 9.92. The number of amides is 2. The van der Waals surface area contributed by atoms with E-state index in [1.165, 1.54) is 6.07 Å². The van der Waals surface area contributed by atoms with E-state index < -0.39 is 5.41 Å². The maximum atomic E-state index is 14.0. The molecule has 6 heteroatoms. The maximum absolute atomic E-state index is 14.0. The lowest BCUT2D eigenvalue weighted by Crippen LogP contribution is -2.55. The van der Waals surface area contributed by atoms with Crippen LogP contribution in [0.25, 0.3) is 0 Å². The monoisotopic (exact) mass is 397 g/mol. The van der Waals surface area contributed by atoms with Crippen molar-refractivity contribution in [1.82, 2.24) is 10.2 Å². The van der Waals surface area contributed by atoms with Crippen molar-refractivity contribution in [2.24, 2.45) is 5.41 Å². The van der Waals surface area contributed by atoms with Crippen LogP contribution in [0.2, 0.25) is 0 Å². The molecule has 1 fully saturated rings. The Balaban J connectivity index is 1.57. The average molecular weight is 397 g/mol. The Hall–Kier alpha value is -2.89. The van der Waals surface area contributed by atoms with Crippen LogP contribution in [0.4, 0.5) is 10.1 Å². The Labute approximate surface area is 171 Å². The van der Waals surface area contributed by atoms with E-state index in [4.69, 9.17) is 0 Å². The lowest BCUT2D eigenvalue weighted by atomic mass is 9.89. The minimum Gasteiger partial charge on any atom is -0.366 e. The zero-order chi connectivity index (χ0) is 21.0. The smallest absolute Gasteiger partial charge is 0.237 e. The van der Waals surface area contributed by atoms with Gasteiger partial charge in [-0.1, -0.05) is 42.0 Å². The van der Waals surface area contributed by atoms with Crippen LogP contribution in [0.1, 0.15) is 25.0 Å². The molecule has 2 aromatic carbocycles. The van der Waals surface area contributed by atoms with E-state index in [1.54, 1.807) is 36.9 Å². The van der Waals surface area contributed by atoms with Crippen molar-refractivity contribution in [3.8, 4) is 0 Å². The second-order valence-electron chi connectivity index (χ2n) is 8.03. The van der Waals surface area contributed by atoms with Gasteiger partial charge in [0.05, 0.1) is 5.69 Å². The first kappa shape index (κ1) is 20.8. The lowest BCUT2D eigenvalue weighted by molar-refractivity contribution is -0.148. The Morgan fingerprint density at radius 2 is 1.72 bits per heavy atom. The van der Waals surface area contributed by atoms with Gasteiger partial charge >= 0.3 is 0 Å².